The Morgan fingerprint density at radius 3 is 2.41 bits per heavy atom. The van der Waals surface area contributed by atoms with E-state index >= 15 is 0 Å². The molecule has 5 rings (SSSR count). The first-order chi connectivity index (χ1) is 16.4. The number of rotatable bonds is 8. The number of aromatic nitrogens is 2. The summed E-state index contributed by atoms with van der Waals surface area (Å²) in [5.74, 6) is -1.67. The predicted molar refractivity (Wildman–Crippen MR) is 123 cm³/mol. The number of anilines is 1. The molecule has 11 heteroatoms. The average Bonchev–Trinajstić information content (AvgIpc) is 3.58. The summed E-state index contributed by atoms with van der Waals surface area (Å²) in [6, 6.07) is 4.77. The van der Waals surface area contributed by atoms with Gasteiger partial charge in [-0.1, -0.05) is 42.5 Å². The first-order valence-corrected chi connectivity index (χ1v) is 12.1. The van der Waals surface area contributed by atoms with Gasteiger partial charge in [0.15, 0.2) is 0 Å². The van der Waals surface area contributed by atoms with Crippen LogP contribution in [-0.2, 0) is 20.8 Å². The van der Waals surface area contributed by atoms with Crippen molar-refractivity contribution in [3.8, 4) is 0 Å². The second kappa shape index (κ2) is 8.71. The highest BCUT2D eigenvalue weighted by Crippen LogP contribution is 2.54. The van der Waals surface area contributed by atoms with Crippen molar-refractivity contribution >= 4 is 39.9 Å². The Morgan fingerprint density at radius 1 is 1.18 bits per heavy atom. The van der Waals surface area contributed by atoms with E-state index in [2.05, 4.69) is 15.5 Å². The molecule has 5 unspecified atom stereocenters. The summed E-state index contributed by atoms with van der Waals surface area (Å²) in [7, 11) is 0. The fourth-order valence-corrected chi connectivity index (χ4v) is 6.23. The Hall–Kier alpha value is -3.47. The highest BCUT2D eigenvalue weighted by Gasteiger charge is 2.60. The van der Waals surface area contributed by atoms with Crippen molar-refractivity contribution in [3.63, 3.8) is 0 Å². The van der Waals surface area contributed by atoms with E-state index in [0.29, 0.717) is 10.7 Å². The van der Waals surface area contributed by atoms with Crippen molar-refractivity contribution in [3.05, 3.63) is 57.1 Å². The van der Waals surface area contributed by atoms with E-state index in [1.807, 2.05) is 19.1 Å². The molecule has 1 aromatic heterocycles. The summed E-state index contributed by atoms with van der Waals surface area (Å²) in [6.07, 6.45) is 6.31. The Balaban J connectivity index is 1.42. The van der Waals surface area contributed by atoms with Gasteiger partial charge in [0.1, 0.15) is 5.01 Å². The van der Waals surface area contributed by atoms with E-state index in [0.717, 1.165) is 24.3 Å². The Bertz CT molecular complexity index is 1160. The third-order valence-electron chi connectivity index (χ3n) is 6.86. The van der Waals surface area contributed by atoms with Crippen LogP contribution in [0.3, 0.4) is 0 Å². The van der Waals surface area contributed by atoms with E-state index in [1.165, 1.54) is 40.5 Å². The quantitative estimate of drug-likeness (QED) is 0.264. The third-order valence-corrected chi connectivity index (χ3v) is 7.76. The van der Waals surface area contributed by atoms with Gasteiger partial charge in [-0.25, -0.2) is 0 Å². The van der Waals surface area contributed by atoms with Gasteiger partial charge >= 0.3 is 0 Å². The van der Waals surface area contributed by atoms with Gasteiger partial charge in [-0.15, -0.1) is 10.2 Å². The van der Waals surface area contributed by atoms with Gasteiger partial charge in [-0.05, 0) is 30.2 Å². The summed E-state index contributed by atoms with van der Waals surface area (Å²) in [5.41, 5.74) is 0.383. The van der Waals surface area contributed by atoms with Crippen LogP contribution in [0.2, 0.25) is 0 Å². The molecule has 1 aliphatic heterocycles. The van der Waals surface area contributed by atoms with Gasteiger partial charge in [0.25, 0.3) is 5.69 Å². The maximum atomic E-state index is 13.4. The fraction of sp³-hybridized carbons (Fsp3) is 0.435. The van der Waals surface area contributed by atoms with Crippen LogP contribution in [-0.4, -0.2) is 37.7 Å². The van der Waals surface area contributed by atoms with Gasteiger partial charge in [-0.3, -0.25) is 29.4 Å². The zero-order chi connectivity index (χ0) is 24.0. The van der Waals surface area contributed by atoms with Crippen LogP contribution in [0.5, 0.6) is 0 Å². The number of amides is 3. The van der Waals surface area contributed by atoms with Crippen LogP contribution in [0.25, 0.3) is 0 Å². The maximum Gasteiger partial charge on any atom is 0.269 e. The number of hydrogen-bond acceptors (Lipinski definition) is 8. The molecule has 34 heavy (non-hydrogen) atoms. The molecule has 0 spiro atoms. The molecule has 1 N–H and O–H groups in total. The van der Waals surface area contributed by atoms with Crippen LogP contribution >= 0.6 is 11.3 Å². The predicted octanol–water partition coefficient (Wildman–Crippen LogP) is 3.28. The lowest BCUT2D eigenvalue weighted by Gasteiger charge is -2.27. The van der Waals surface area contributed by atoms with E-state index < -0.39 is 28.7 Å². The molecule has 2 aromatic rings. The van der Waals surface area contributed by atoms with Crippen molar-refractivity contribution in [2.45, 2.75) is 38.6 Å². The number of nitro benzene ring substituents is 1. The summed E-state index contributed by atoms with van der Waals surface area (Å²) >= 11 is 1.28. The number of imide groups is 1. The smallest absolute Gasteiger partial charge is 0.269 e. The third kappa shape index (κ3) is 3.79. The summed E-state index contributed by atoms with van der Waals surface area (Å²) < 4.78 is 0. The molecular weight excluding hydrogens is 458 g/mol. The number of benzene rings is 1. The van der Waals surface area contributed by atoms with Crippen molar-refractivity contribution < 1.29 is 19.3 Å². The van der Waals surface area contributed by atoms with Crippen molar-refractivity contribution in [2.75, 3.05) is 5.32 Å². The Morgan fingerprint density at radius 2 is 1.82 bits per heavy atom. The molecule has 2 aliphatic carbocycles. The minimum Gasteiger partial charge on any atom is -0.300 e. The van der Waals surface area contributed by atoms with Gasteiger partial charge in [-0.2, -0.15) is 0 Å². The fourth-order valence-electron chi connectivity index (χ4n) is 5.37. The lowest BCUT2D eigenvalue weighted by atomic mass is 9.85. The van der Waals surface area contributed by atoms with Gasteiger partial charge in [0.2, 0.25) is 22.9 Å². The van der Waals surface area contributed by atoms with Crippen LogP contribution in [0.15, 0.2) is 36.4 Å². The standard InChI is InChI=1S/C23H23N5O5S/c1-2-3-18-25-26-23(34-18)24-17(29)11-16(12-6-8-15(9-7-12)28(32)33)27-21(30)19-13-4-5-14(10-13)20(19)22(27)31/h4-9,13-14,16,19-20H,2-3,10-11H2,1H3,(H,24,26,29). The number of fused-ring (bicyclic) bond motifs is 5. The summed E-state index contributed by atoms with van der Waals surface area (Å²) in [5, 5.41) is 23.0. The van der Waals surface area contributed by atoms with Crippen molar-refractivity contribution in [2.24, 2.45) is 23.7 Å². The average molecular weight is 482 g/mol. The number of carbonyl (C=O) groups excluding carboxylic acids is 3. The van der Waals surface area contributed by atoms with Gasteiger partial charge < -0.3 is 5.32 Å². The number of nitro groups is 1. The van der Waals surface area contributed by atoms with Crippen LogP contribution in [0, 0.1) is 33.8 Å². The maximum absolute atomic E-state index is 13.4. The largest absolute Gasteiger partial charge is 0.300 e. The first kappa shape index (κ1) is 22.3. The molecule has 10 nitrogen and oxygen atoms in total. The number of nitrogens with one attached hydrogen (secondary N) is 1. The van der Waals surface area contributed by atoms with Gasteiger partial charge in [0.05, 0.1) is 29.2 Å². The Labute approximate surface area is 199 Å². The summed E-state index contributed by atoms with van der Waals surface area (Å²) in [6.45, 7) is 2.02. The molecule has 0 radical (unpaired) electrons. The van der Waals surface area contributed by atoms with Crippen LogP contribution < -0.4 is 5.32 Å². The minimum absolute atomic E-state index is 0.0427. The highest BCUT2D eigenvalue weighted by molar-refractivity contribution is 7.15. The molecule has 2 bridgehead atoms. The zero-order valence-corrected chi connectivity index (χ0v) is 19.2. The molecule has 1 saturated carbocycles. The summed E-state index contributed by atoms with van der Waals surface area (Å²) in [4.78, 5) is 51.5. The second-order valence-electron chi connectivity index (χ2n) is 8.91. The minimum atomic E-state index is -0.867. The molecule has 5 atom stereocenters. The van der Waals surface area contributed by atoms with Crippen LogP contribution in [0.1, 0.15) is 42.8 Å². The molecule has 176 valence electrons. The molecule has 3 aliphatic rings. The molecule has 2 heterocycles. The molecule has 1 saturated heterocycles. The number of hydrogen-bond donors (Lipinski definition) is 1. The first-order valence-electron chi connectivity index (χ1n) is 11.3. The van der Waals surface area contributed by atoms with E-state index in [1.54, 1.807) is 0 Å². The number of carbonyl (C=O) groups is 3. The van der Waals surface area contributed by atoms with E-state index in [-0.39, 0.29) is 35.8 Å². The monoisotopic (exact) mass is 481 g/mol. The van der Waals surface area contributed by atoms with E-state index in [9.17, 15) is 24.5 Å². The topological polar surface area (TPSA) is 135 Å². The lowest BCUT2D eigenvalue weighted by molar-refractivity contribution is -0.384. The Kier molecular flexibility index (Phi) is 5.72. The molecule has 2 fully saturated rings. The highest BCUT2D eigenvalue weighted by atomic mass is 32.1. The zero-order valence-electron chi connectivity index (χ0n) is 18.4. The number of likely N-dealkylation sites (tertiary alicyclic amines) is 1. The SMILES string of the molecule is CCCc1nnc(NC(=O)CC(c2ccc([N+](=O)[O-])cc2)N2C(=O)C3C4C=CC(C4)C3C2=O)s1. The normalized spacial score (nSPS) is 25.6. The number of nitrogens with zero attached hydrogens (tertiary/aromatic N) is 4. The van der Waals surface area contributed by atoms with Crippen molar-refractivity contribution in [1.29, 1.82) is 0 Å². The lowest BCUT2D eigenvalue weighted by Crippen LogP contribution is -2.38. The molecule has 3 amide bonds. The van der Waals surface area contributed by atoms with Crippen molar-refractivity contribution in [1.82, 2.24) is 15.1 Å². The number of aryl methyl sites for hydroxylation is 1. The number of allylic oxidation sites excluding steroid dienone is 2. The molecule has 1 aromatic carbocycles. The molecular formula is C23H23N5O5S. The van der Waals surface area contributed by atoms with E-state index in [4.69, 9.17) is 0 Å². The number of non-ortho nitro benzene ring substituents is 1. The second-order valence-corrected chi connectivity index (χ2v) is 9.98. The van der Waals surface area contributed by atoms with Gasteiger partial charge in [0, 0.05) is 18.6 Å². The van der Waals surface area contributed by atoms with Crippen LogP contribution in [0.4, 0.5) is 10.8 Å².